The van der Waals surface area contributed by atoms with E-state index in [0.717, 1.165) is 114 Å². The first kappa shape index (κ1) is 103. The molecule has 0 fully saturated rings. The number of aliphatic hydroxyl groups excluding tert-OH is 1. The zero-order valence-electron chi connectivity index (χ0n) is 69.2. The number of carbonyl (C=O) groups is 4. The van der Waals surface area contributed by atoms with Crippen molar-refractivity contribution in [3.05, 3.63) is 0 Å². The van der Waals surface area contributed by atoms with Crippen LogP contribution in [0.2, 0.25) is 0 Å². The summed E-state index contributed by atoms with van der Waals surface area (Å²) in [7, 11) is -9.92. The highest BCUT2D eigenvalue weighted by atomic mass is 31.2. The molecule has 17 nitrogen and oxygen atoms in total. The van der Waals surface area contributed by atoms with Gasteiger partial charge in [0.2, 0.25) is 0 Å². The predicted molar refractivity (Wildman–Crippen MR) is 432 cm³/mol. The van der Waals surface area contributed by atoms with E-state index in [1.54, 1.807) is 0 Å². The predicted octanol–water partition coefficient (Wildman–Crippen LogP) is 26.1. The number of phosphoric ester groups is 2. The number of aliphatic hydroxyl groups is 1. The van der Waals surface area contributed by atoms with E-state index < -0.39 is 97.5 Å². The summed E-state index contributed by atoms with van der Waals surface area (Å²) >= 11 is 0. The number of unbranched alkanes of at least 4 members (excludes halogenated alkanes) is 52. The molecule has 0 saturated heterocycles. The van der Waals surface area contributed by atoms with Crippen molar-refractivity contribution >= 4 is 39.5 Å². The normalized spacial score (nSPS) is 13.9. The molecule has 0 radical (unpaired) electrons. The van der Waals surface area contributed by atoms with Crippen molar-refractivity contribution < 1.29 is 80.2 Å². The number of esters is 4. The minimum absolute atomic E-state index is 0.107. The van der Waals surface area contributed by atoms with Gasteiger partial charge < -0.3 is 33.8 Å². The van der Waals surface area contributed by atoms with Crippen molar-refractivity contribution in [3.63, 3.8) is 0 Å². The van der Waals surface area contributed by atoms with Gasteiger partial charge in [-0.1, -0.05) is 402 Å². The van der Waals surface area contributed by atoms with Crippen LogP contribution in [0.25, 0.3) is 0 Å². The van der Waals surface area contributed by atoms with Gasteiger partial charge in [0.15, 0.2) is 12.2 Å². The minimum Gasteiger partial charge on any atom is -0.462 e. The molecule has 0 aliphatic carbocycles. The van der Waals surface area contributed by atoms with Crippen LogP contribution >= 0.6 is 15.6 Å². The molecule has 0 aromatic carbocycles. The van der Waals surface area contributed by atoms with Crippen molar-refractivity contribution in [2.45, 2.75) is 471 Å². The fourth-order valence-electron chi connectivity index (χ4n) is 13.4. The Morgan fingerprint density at radius 2 is 0.438 bits per heavy atom. The molecule has 2 unspecified atom stereocenters. The van der Waals surface area contributed by atoms with Gasteiger partial charge in [-0.05, 0) is 43.4 Å². The maximum Gasteiger partial charge on any atom is 0.472 e. The Kier molecular flexibility index (Phi) is 74.7. The number of hydrogen-bond donors (Lipinski definition) is 3. The lowest BCUT2D eigenvalue weighted by atomic mass is 10.0. The van der Waals surface area contributed by atoms with Crippen LogP contribution in [-0.4, -0.2) is 96.7 Å². The molecule has 0 amide bonds. The van der Waals surface area contributed by atoms with Gasteiger partial charge in [-0.25, -0.2) is 9.13 Å². The molecule has 0 aliphatic heterocycles. The standard InChI is InChI=1S/C86H168O17P2/c1-8-9-10-50-60-67-83(88)96-73-81(102-85(90)69-62-56-49-43-37-31-25-19-22-28-34-40-46-53-59-66-79(6)7)75-100-104(92,93)98-71-80(87)72-99-105(94,95)101-76-82(103-86(91)70-63-55-48-42-36-30-24-18-14-12-16-21-27-33-39-45-52-58-65-78(4)5)74-97-84(89)68-61-54-47-41-35-29-23-17-13-11-15-20-26-32-38-44-51-57-64-77(2)3/h77-82,87H,8-76H2,1-7H3,(H,92,93)(H,94,95)/t80-,81+,82+/m0/s1. The van der Waals surface area contributed by atoms with E-state index in [9.17, 15) is 43.2 Å². The molecule has 0 heterocycles. The second-order valence-electron chi connectivity index (χ2n) is 32.4. The highest BCUT2D eigenvalue weighted by Crippen LogP contribution is 2.45. The van der Waals surface area contributed by atoms with Crippen molar-refractivity contribution in [1.82, 2.24) is 0 Å². The Hall–Kier alpha value is -1.94. The average molecular weight is 1540 g/mol. The zero-order valence-corrected chi connectivity index (χ0v) is 71.0. The lowest BCUT2D eigenvalue weighted by Gasteiger charge is -2.21. The summed E-state index contributed by atoms with van der Waals surface area (Å²) < 4.78 is 68.6. The highest BCUT2D eigenvalue weighted by Gasteiger charge is 2.30. The van der Waals surface area contributed by atoms with Crippen molar-refractivity contribution in [2.24, 2.45) is 17.8 Å². The van der Waals surface area contributed by atoms with Crippen LogP contribution in [0.5, 0.6) is 0 Å². The Morgan fingerprint density at radius 3 is 0.648 bits per heavy atom. The Morgan fingerprint density at radius 1 is 0.257 bits per heavy atom. The van der Waals surface area contributed by atoms with Gasteiger partial charge in [0.25, 0.3) is 0 Å². The third-order valence-electron chi connectivity index (χ3n) is 20.1. The first-order chi connectivity index (χ1) is 50.7. The summed E-state index contributed by atoms with van der Waals surface area (Å²) in [4.78, 5) is 72.9. The Bertz CT molecular complexity index is 2030. The molecule has 0 bridgehead atoms. The smallest absolute Gasteiger partial charge is 0.462 e. The van der Waals surface area contributed by atoms with Crippen LogP contribution in [-0.2, 0) is 65.4 Å². The summed E-state index contributed by atoms with van der Waals surface area (Å²) in [5.74, 6) is 0.330. The van der Waals surface area contributed by atoms with E-state index in [1.165, 1.54) is 257 Å². The van der Waals surface area contributed by atoms with E-state index in [0.29, 0.717) is 25.7 Å². The Balaban J connectivity index is 5.10. The molecule has 0 rings (SSSR count). The summed E-state index contributed by atoms with van der Waals surface area (Å²) in [6.07, 6.45) is 67.2. The lowest BCUT2D eigenvalue weighted by Crippen LogP contribution is -2.30. The van der Waals surface area contributed by atoms with E-state index in [1.807, 2.05) is 0 Å². The highest BCUT2D eigenvalue weighted by molar-refractivity contribution is 7.47. The summed E-state index contributed by atoms with van der Waals surface area (Å²) in [5, 5.41) is 10.6. The number of carbonyl (C=O) groups excluding carboxylic acids is 4. The van der Waals surface area contributed by atoms with Crippen molar-refractivity contribution in [2.75, 3.05) is 39.6 Å². The molecule has 0 saturated carbocycles. The van der Waals surface area contributed by atoms with Gasteiger partial charge in [0, 0.05) is 25.7 Å². The monoisotopic (exact) mass is 1540 g/mol. The summed E-state index contributed by atoms with van der Waals surface area (Å²) in [6, 6.07) is 0. The largest absolute Gasteiger partial charge is 0.472 e. The van der Waals surface area contributed by atoms with Crippen LogP contribution in [0.15, 0.2) is 0 Å². The van der Waals surface area contributed by atoms with Gasteiger partial charge in [0.05, 0.1) is 26.4 Å². The number of phosphoric acid groups is 2. The summed E-state index contributed by atoms with van der Waals surface area (Å²) in [5.41, 5.74) is 0. The van der Waals surface area contributed by atoms with Gasteiger partial charge in [-0.2, -0.15) is 0 Å². The van der Waals surface area contributed by atoms with Gasteiger partial charge in [-0.15, -0.1) is 0 Å². The van der Waals surface area contributed by atoms with Crippen LogP contribution in [0.4, 0.5) is 0 Å². The molecule has 0 aromatic rings. The first-order valence-electron chi connectivity index (χ1n) is 44.3. The topological polar surface area (TPSA) is 237 Å². The van der Waals surface area contributed by atoms with Crippen molar-refractivity contribution in [1.29, 1.82) is 0 Å². The van der Waals surface area contributed by atoms with Gasteiger partial charge in [0.1, 0.15) is 19.3 Å². The van der Waals surface area contributed by atoms with E-state index in [-0.39, 0.29) is 25.7 Å². The third kappa shape index (κ3) is 79.9. The second-order valence-corrected chi connectivity index (χ2v) is 35.3. The van der Waals surface area contributed by atoms with E-state index >= 15 is 0 Å². The molecule has 105 heavy (non-hydrogen) atoms. The summed E-state index contributed by atoms with van der Waals surface area (Å²) in [6.45, 7) is 12.0. The molecule has 624 valence electrons. The SMILES string of the molecule is CCCCCCCC(=O)OC[C@H](COP(=O)(O)OC[C@H](O)COP(=O)(O)OC[C@@H](COC(=O)CCCCCCCCCCCCCCCCCCCCC(C)C)OC(=O)CCCCCCCCCCCCCCCCCCCCC(C)C)OC(=O)CCCCCCCCCCCCCCCCCC(C)C. The molecule has 0 spiro atoms. The fourth-order valence-corrected chi connectivity index (χ4v) is 14.9. The lowest BCUT2D eigenvalue weighted by molar-refractivity contribution is -0.161. The molecule has 0 aromatic heterocycles. The zero-order chi connectivity index (χ0) is 77.2. The quantitative estimate of drug-likeness (QED) is 0.0222. The second kappa shape index (κ2) is 76.1. The number of ether oxygens (including phenoxy) is 4. The Labute approximate surface area is 645 Å². The van der Waals surface area contributed by atoms with Crippen LogP contribution < -0.4 is 0 Å². The molecular weight excluding hydrogens is 1370 g/mol. The van der Waals surface area contributed by atoms with Gasteiger partial charge in [-0.3, -0.25) is 37.3 Å². The molecule has 0 aliphatic rings. The molecule has 19 heteroatoms. The maximum absolute atomic E-state index is 13.1. The van der Waals surface area contributed by atoms with Gasteiger partial charge >= 0.3 is 39.5 Å². The molecule has 5 atom stereocenters. The number of hydrogen-bond acceptors (Lipinski definition) is 15. The molecular formula is C86H168O17P2. The van der Waals surface area contributed by atoms with Crippen LogP contribution in [0.3, 0.4) is 0 Å². The maximum atomic E-state index is 13.1. The first-order valence-corrected chi connectivity index (χ1v) is 47.3. The number of rotatable bonds is 84. The fraction of sp³-hybridized carbons (Fsp3) is 0.953. The third-order valence-corrected chi connectivity index (χ3v) is 22.0. The average Bonchev–Trinajstić information content (AvgIpc) is 0.903. The van der Waals surface area contributed by atoms with Crippen molar-refractivity contribution in [3.8, 4) is 0 Å². The van der Waals surface area contributed by atoms with Crippen LogP contribution in [0, 0.1) is 17.8 Å². The van der Waals surface area contributed by atoms with E-state index in [2.05, 4.69) is 48.5 Å². The minimum atomic E-state index is -4.96. The molecule has 3 N–H and O–H groups in total. The van der Waals surface area contributed by atoms with Crippen LogP contribution in [0.1, 0.15) is 453 Å². The van der Waals surface area contributed by atoms with E-state index in [4.69, 9.17) is 37.0 Å².